The SMILES string of the molecule is COc1cccc(CO)c1OCCN1CCCCC1. The van der Waals surface area contributed by atoms with E-state index in [1.807, 2.05) is 18.2 Å². The first-order valence-electron chi connectivity index (χ1n) is 6.97. The maximum atomic E-state index is 9.34. The van der Waals surface area contributed by atoms with Crippen LogP contribution in [0.5, 0.6) is 11.5 Å². The Bertz CT molecular complexity index is 367. The molecule has 4 nitrogen and oxygen atoms in total. The van der Waals surface area contributed by atoms with Crippen molar-refractivity contribution in [3.63, 3.8) is 0 Å². The molecule has 2 rings (SSSR count). The van der Waals surface area contributed by atoms with Crippen LogP contribution in [0, 0.1) is 0 Å². The van der Waals surface area contributed by atoms with Gasteiger partial charge in [0, 0.05) is 12.1 Å². The number of ether oxygens (including phenoxy) is 2. The van der Waals surface area contributed by atoms with Crippen LogP contribution in [0.1, 0.15) is 24.8 Å². The van der Waals surface area contributed by atoms with Gasteiger partial charge in [0.25, 0.3) is 0 Å². The monoisotopic (exact) mass is 265 g/mol. The summed E-state index contributed by atoms with van der Waals surface area (Å²) in [4.78, 5) is 2.43. The van der Waals surface area contributed by atoms with Crippen LogP contribution in [0.15, 0.2) is 18.2 Å². The molecule has 0 unspecified atom stereocenters. The Morgan fingerprint density at radius 2 is 2.00 bits per heavy atom. The second-order valence-corrected chi connectivity index (χ2v) is 4.86. The molecule has 0 amide bonds. The number of para-hydroxylation sites is 1. The van der Waals surface area contributed by atoms with E-state index in [2.05, 4.69) is 4.90 Å². The first kappa shape index (κ1) is 14.2. The van der Waals surface area contributed by atoms with E-state index in [1.165, 1.54) is 32.4 Å². The summed E-state index contributed by atoms with van der Waals surface area (Å²) >= 11 is 0. The van der Waals surface area contributed by atoms with Crippen molar-refractivity contribution in [1.82, 2.24) is 4.90 Å². The Labute approximate surface area is 114 Å². The number of benzene rings is 1. The van der Waals surface area contributed by atoms with Crippen molar-refractivity contribution in [2.45, 2.75) is 25.9 Å². The minimum Gasteiger partial charge on any atom is -0.493 e. The molecule has 0 saturated carbocycles. The van der Waals surface area contributed by atoms with Crippen molar-refractivity contribution in [2.24, 2.45) is 0 Å². The molecule has 19 heavy (non-hydrogen) atoms. The van der Waals surface area contributed by atoms with E-state index >= 15 is 0 Å². The van der Waals surface area contributed by atoms with Crippen LogP contribution < -0.4 is 9.47 Å². The molecule has 1 aromatic carbocycles. The topological polar surface area (TPSA) is 41.9 Å². The molecule has 1 heterocycles. The number of rotatable bonds is 6. The summed E-state index contributed by atoms with van der Waals surface area (Å²) in [5.74, 6) is 1.36. The molecule has 0 radical (unpaired) electrons. The van der Waals surface area contributed by atoms with E-state index in [-0.39, 0.29) is 6.61 Å². The van der Waals surface area contributed by atoms with Gasteiger partial charge in [0.15, 0.2) is 11.5 Å². The Morgan fingerprint density at radius 1 is 1.21 bits per heavy atom. The van der Waals surface area contributed by atoms with Crippen LogP contribution in [-0.2, 0) is 6.61 Å². The quantitative estimate of drug-likeness (QED) is 0.855. The number of hydrogen-bond acceptors (Lipinski definition) is 4. The summed E-state index contributed by atoms with van der Waals surface area (Å²) < 4.78 is 11.1. The second kappa shape index (κ2) is 7.36. The Hall–Kier alpha value is -1.26. The van der Waals surface area contributed by atoms with Crippen molar-refractivity contribution in [3.8, 4) is 11.5 Å². The number of likely N-dealkylation sites (tertiary alicyclic amines) is 1. The predicted octanol–water partition coefficient (Wildman–Crippen LogP) is 2.05. The van der Waals surface area contributed by atoms with E-state index in [4.69, 9.17) is 9.47 Å². The normalized spacial score (nSPS) is 16.3. The van der Waals surface area contributed by atoms with Gasteiger partial charge in [-0.1, -0.05) is 18.6 Å². The van der Waals surface area contributed by atoms with Gasteiger partial charge in [-0.3, -0.25) is 4.90 Å². The van der Waals surface area contributed by atoms with Crippen LogP contribution in [0.4, 0.5) is 0 Å². The summed E-state index contributed by atoms with van der Waals surface area (Å²) in [7, 11) is 1.62. The number of aliphatic hydroxyl groups excluding tert-OH is 1. The standard InChI is InChI=1S/C15H23NO3/c1-18-14-7-5-6-13(12-17)15(14)19-11-10-16-8-3-2-4-9-16/h5-7,17H,2-4,8-12H2,1H3. The Kier molecular flexibility index (Phi) is 5.48. The predicted molar refractivity (Wildman–Crippen MR) is 74.7 cm³/mol. The van der Waals surface area contributed by atoms with Crippen molar-refractivity contribution in [1.29, 1.82) is 0 Å². The van der Waals surface area contributed by atoms with Crippen molar-refractivity contribution >= 4 is 0 Å². The van der Waals surface area contributed by atoms with Gasteiger partial charge in [0.05, 0.1) is 13.7 Å². The van der Waals surface area contributed by atoms with Crippen LogP contribution in [0.2, 0.25) is 0 Å². The van der Waals surface area contributed by atoms with Gasteiger partial charge >= 0.3 is 0 Å². The highest BCUT2D eigenvalue weighted by atomic mass is 16.5. The van der Waals surface area contributed by atoms with E-state index in [0.29, 0.717) is 18.1 Å². The zero-order valence-electron chi connectivity index (χ0n) is 11.6. The van der Waals surface area contributed by atoms with Crippen molar-refractivity contribution in [3.05, 3.63) is 23.8 Å². The number of aliphatic hydroxyl groups is 1. The first-order valence-corrected chi connectivity index (χ1v) is 6.97. The first-order chi connectivity index (χ1) is 9.35. The van der Waals surface area contributed by atoms with Crippen LogP contribution >= 0.6 is 0 Å². The number of methoxy groups -OCH3 is 1. The lowest BCUT2D eigenvalue weighted by molar-refractivity contribution is 0.177. The van der Waals surface area contributed by atoms with Gasteiger partial charge in [-0.15, -0.1) is 0 Å². The smallest absolute Gasteiger partial charge is 0.166 e. The number of nitrogens with zero attached hydrogens (tertiary/aromatic N) is 1. The molecule has 1 aliphatic heterocycles. The molecule has 1 N–H and O–H groups in total. The fourth-order valence-electron chi connectivity index (χ4n) is 2.47. The third kappa shape index (κ3) is 3.85. The molecule has 1 fully saturated rings. The number of piperidine rings is 1. The van der Waals surface area contributed by atoms with Crippen molar-refractivity contribution in [2.75, 3.05) is 33.4 Å². The van der Waals surface area contributed by atoms with E-state index in [9.17, 15) is 5.11 Å². The fourth-order valence-corrected chi connectivity index (χ4v) is 2.47. The molecular weight excluding hydrogens is 242 g/mol. The van der Waals surface area contributed by atoms with Gasteiger partial charge in [-0.2, -0.15) is 0 Å². The van der Waals surface area contributed by atoms with E-state index < -0.39 is 0 Å². The highest BCUT2D eigenvalue weighted by Crippen LogP contribution is 2.31. The van der Waals surface area contributed by atoms with Crippen LogP contribution in [0.25, 0.3) is 0 Å². The summed E-state index contributed by atoms with van der Waals surface area (Å²) in [6, 6.07) is 5.58. The van der Waals surface area contributed by atoms with Crippen LogP contribution in [-0.4, -0.2) is 43.4 Å². The van der Waals surface area contributed by atoms with Crippen molar-refractivity contribution < 1.29 is 14.6 Å². The summed E-state index contributed by atoms with van der Waals surface area (Å²) in [6.07, 6.45) is 3.92. The maximum absolute atomic E-state index is 9.34. The molecule has 4 heteroatoms. The highest BCUT2D eigenvalue weighted by molar-refractivity contribution is 5.46. The van der Waals surface area contributed by atoms with Gasteiger partial charge in [-0.05, 0) is 32.0 Å². The summed E-state index contributed by atoms with van der Waals surface area (Å²) in [5.41, 5.74) is 0.776. The van der Waals surface area contributed by atoms with Gasteiger partial charge in [0.1, 0.15) is 6.61 Å². The largest absolute Gasteiger partial charge is 0.493 e. The highest BCUT2D eigenvalue weighted by Gasteiger charge is 2.12. The third-order valence-electron chi connectivity index (χ3n) is 3.55. The van der Waals surface area contributed by atoms with Crippen LogP contribution in [0.3, 0.4) is 0 Å². The lowest BCUT2D eigenvalue weighted by Crippen LogP contribution is -2.33. The molecule has 0 aromatic heterocycles. The Balaban J connectivity index is 1.90. The molecule has 0 spiro atoms. The molecule has 0 aliphatic carbocycles. The molecule has 0 atom stereocenters. The fraction of sp³-hybridized carbons (Fsp3) is 0.600. The molecule has 1 aliphatic rings. The summed E-state index contributed by atoms with van der Waals surface area (Å²) in [6.45, 7) is 3.87. The maximum Gasteiger partial charge on any atom is 0.166 e. The van der Waals surface area contributed by atoms with E-state index in [0.717, 1.165) is 12.1 Å². The molecule has 0 bridgehead atoms. The molecule has 1 aromatic rings. The molecular formula is C15H23NO3. The second-order valence-electron chi connectivity index (χ2n) is 4.86. The minimum atomic E-state index is -0.0315. The third-order valence-corrected chi connectivity index (χ3v) is 3.55. The summed E-state index contributed by atoms with van der Waals surface area (Å²) in [5, 5.41) is 9.34. The van der Waals surface area contributed by atoms with Gasteiger partial charge in [0.2, 0.25) is 0 Å². The van der Waals surface area contributed by atoms with E-state index in [1.54, 1.807) is 7.11 Å². The number of hydrogen-bond donors (Lipinski definition) is 1. The van der Waals surface area contributed by atoms with Gasteiger partial charge < -0.3 is 14.6 Å². The average molecular weight is 265 g/mol. The zero-order chi connectivity index (χ0) is 13.5. The average Bonchev–Trinajstić information content (AvgIpc) is 2.48. The lowest BCUT2D eigenvalue weighted by atomic mass is 10.1. The lowest BCUT2D eigenvalue weighted by Gasteiger charge is -2.26. The Morgan fingerprint density at radius 3 is 2.68 bits per heavy atom. The minimum absolute atomic E-state index is 0.0315. The molecule has 106 valence electrons. The molecule has 1 saturated heterocycles. The zero-order valence-corrected chi connectivity index (χ0v) is 11.6. The van der Waals surface area contributed by atoms with Gasteiger partial charge in [-0.25, -0.2) is 0 Å².